The number of carbonyl (C=O) groups excluding carboxylic acids is 1. The highest BCUT2D eigenvalue weighted by molar-refractivity contribution is 9.10. The van der Waals surface area contributed by atoms with Crippen LogP contribution in [-0.4, -0.2) is 48.7 Å². The van der Waals surface area contributed by atoms with Gasteiger partial charge in [-0.15, -0.1) is 0 Å². The van der Waals surface area contributed by atoms with Gasteiger partial charge in [0, 0.05) is 42.4 Å². The van der Waals surface area contributed by atoms with E-state index in [9.17, 15) is 18.7 Å². The van der Waals surface area contributed by atoms with Crippen molar-refractivity contribution >= 4 is 21.8 Å². The van der Waals surface area contributed by atoms with Gasteiger partial charge in [-0.2, -0.15) is 0 Å². The van der Waals surface area contributed by atoms with Crippen LogP contribution in [-0.2, 0) is 26.2 Å². The summed E-state index contributed by atoms with van der Waals surface area (Å²) in [4.78, 5) is 11.8. The normalized spacial score (nSPS) is 20.5. The Morgan fingerprint density at radius 3 is 2.34 bits per heavy atom. The molecule has 9 heteroatoms. The number of hydrogen-bond donors (Lipinski definition) is 3. The Morgan fingerprint density at radius 1 is 1.09 bits per heavy atom. The molecular weight excluding hydrogens is 522 g/mol. The smallest absolute Gasteiger partial charge is 0.217 e. The second-order valence-corrected chi connectivity index (χ2v) is 10.4. The number of nitrogens with one attached hydrogen (secondary N) is 2. The van der Waals surface area contributed by atoms with E-state index in [0.29, 0.717) is 31.6 Å². The number of hydrogen-bond acceptors (Lipinski definition) is 5. The molecule has 1 saturated heterocycles. The van der Waals surface area contributed by atoms with Gasteiger partial charge in [0.05, 0.1) is 25.4 Å². The summed E-state index contributed by atoms with van der Waals surface area (Å²) in [6.45, 7) is 2.71. The van der Waals surface area contributed by atoms with Gasteiger partial charge in [-0.05, 0) is 54.7 Å². The van der Waals surface area contributed by atoms with Crippen molar-refractivity contribution in [3.8, 4) is 0 Å². The maximum Gasteiger partial charge on any atom is 0.217 e. The molecule has 1 aliphatic carbocycles. The van der Waals surface area contributed by atoms with Crippen LogP contribution in [0.5, 0.6) is 0 Å². The van der Waals surface area contributed by atoms with Gasteiger partial charge in [0.25, 0.3) is 0 Å². The van der Waals surface area contributed by atoms with Gasteiger partial charge in [0.2, 0.25) is 5.91 Å². The van der Waals surface area contributed by atoms with Gasteiger partial charge in [0.1, 0.15) is 11.6 Å². The van der Waals surface area contributed by atoms with Crippen LogP contribution in [0.2, 0.25) is 0 Å². The fourth-order valence-corrected chi connectivity index (χ4v) is 5.57. The van der Waals surface area contributed by atoms with Crippen LogP contribution in [0.3, 0.4) is 0 Å². The molecule has 1 spiro atoms. The predicted octanol–water partition coefficient (Wildman–Crippen LogP) is 3.94. The molecule has 190 valence electrons. The van der Waals surface area contributed by atoms with Crippen molar-refractivity contribution in [1.82, 2.24) is 10.6 Å². The molecule has 1 heterocycles. The highest BCUT2D eigenvalue weighted by Gasteiger charge is 2.47. The summed E-state index contributed by atoms with van der Waals surface area (Å²) >= 11 is 3.56. The number of aliphatic hydroxyl groups excluding tert-OH is 1. The zero-order valence-corrected chi connectivity index (χ0v) is 21.2. The van der Waals surface area contributed by atoms with Crippen LogP contribution in [0.25, 0.3) is 0 Å². The fraction of sp³-hybridized carbons (Fsp3) is 0.500. The van der Waals surface area contributed by atoms with E-state index < -0.39 is 35.1 Å². The molecule has 3 N–H and O–H groups in total. The van der Waals surface area contributed by atoms with Crippen molar-refractivity contribution in [3.05, 3.63) is 69.7 Å². The minimum atomic E-state index is -0.996. The molecule has 2 aromatic carbocycles. The minimum absolute atomic E-state index is 0.0891. The Bertz CT molecular complexity index is 1020. The summed E-state index contributed by atoms with van der Waals surface area (Å²) in [5.41, 5.74) is 1.00. The first-order chi connectivity index (χ1) is 16.7. The summed E-state index contributed by atoms with van der Waals surface area (Å²) in [6, 6.07) is 10.6. The van der Waals surface area contributed by atoms with Crippen molar-refractivity contribution in [2.24, 2.45) is 0 Å². The lowest BCUT2D eigenvalue weighted by Gasteiger charge is -2.45. The first-order valence-corrected chi connectivity index (χ1v) is 12.7. The van der Waals surface area contributed by atoms with Crippen LogP contribution in [0.1, 0.15) is 43.7 Å². The Labute approximate surface area is 212 Å². The number of amides is 1. The van der Waals surface area contributed by atoms with Gasteiger partial charge < -0.3 is 25.2 Å². The van der Waals surface area contributed by atoms with Crippen LogP contribution in [0, 0.1) is 11.6 Å². The molecule has 2 atom stereocenters. The van der Waals surface area contributed by atoms with Crippen molar-refractivity contribution in [3.63, 3.8) is 0 Å². The van der Waals surface area contributed by atoms with Crippen LogP contribution >= 0.6 is 15.9 Å². The van der Waals surface area contributed by atoms with Crippen molar-refractivity contribution in [2.75, 3.05) is 19.8 Å². The Kier molecular flexibility index (Phi) is 8.23. The van der Waals surface area contributed by atoms with Crippen molar-refractivity contribution in [1.29, 1.82) is 0 Å². The number of halogens is 3. The molecule has 1 amide bonds. The lowest BCUT2D eigenvalue weighted by molar-refractivity contribution is -0.187. The second-order valence-electron chi connectivity index (χ2n) is 9.44. The van der Waals surface area contributed by atoms with Gasteiger partial charge in [-0.25, -0.2) is 8.78 Å². The largest absolute Gasteiger partial charge is 0.390 e. The van der Waals surface area contributed by atoms with E-state index in [1.165, 1.54) is 19.1 Å². The summed E-state index contributed by atoms with van der Waals surface area (Å²) in [6.07, 6.45) is 1.97. The van der Waals surface area contributed by atoms with Crippen molar-refractivity contribution < 1.29 is 28.2 Å². The Balaban J connectivity index is 1.51. The molecule has 35 heavy (non-hydrogen) atoms. The van der Waals surface area contributed by atoms with Crippen molar-refractivity contribution in [2.45, 2.75) is 62.5 Å². The molecule has 4 rings (SSSR count). The summed E-state index contributed by atoms with van der Waals surface area (Å²) in [5.74, 6) is -2.27. The molecule has 0 unspecified atom stereocenters. The quantitative estimate of drug-likeness (QED) is 0.462. The lowest BCUT2D eigenvalue weighted by atomic mass is 9.74. The monoisotopic (exact) mass is 552 g/mol. The molecule has 0 radical (unpaired) electrons. The average molecular weight is 553 g/mol. The van der Waals surface area contributed by atoms with Crippen LogP contribution < -0.4 is 10.6 Å². The third-order valence-electron chi connectivity index (χ3n) is 6.94. The standard InChI is InChI=1S/C26H31BrF2N2O4/c1-17(32)31-23(13-18-11-21(28)15-22(29)12-18)24(33)16-30-25(19-3-2-4-20(27)14-19)5-7-26(8-6-25)34-9-10-35-26/h2-4,11-12,14-15,23-24,30,33H,5-10,13,16H2,1H3,(H,31,32)/t23-,24+/m0/s1. The molecular formula is C26H31BrF2N2O4. The first-order valence-electron chi connectivity index (χ1n) is 11.9. The van der Waals surface area contributed by atoms with Gasteiger partial charge in [-0.1, -0.05) is 28.1 Å². The highest BCUT2D eigenvalue weighted by Crippen LogP contribution is 2.45. The number of benzene rings is 2. The predicted molar refractivity (Wildman–Crippen MR) is 131 cm³/mol. The number of aliphatic hydroxyl groups is 1. The van der Waals surface area contributed by atoms with Crippen LogP contribution in [0.4, 0.5) is 8.78 Å². The van der Waals surface area contributed by atoms with E-state index in [2.05, 4.69) is 38.7 Å². The molecule has 2 fully saturated rings. The SMILES string of the molecule is CC(=O)N[C@@H](Cc1cc(F)cc(F)c1)[C@H](O)CNC1(c2cccc(Br)c2)CCC2(CC1)OCCO2. The molecule has 2 aromatic rings. The lowest BCUT2D eigenvalue weighted by Crippen LogP contribution is -2.55. The summed E-state index contributed by atoms with van der Waals surface area (Å²) < 4.78 is 40.2. The van der Waals surface area contributed by atoms with Crippen LogP contribution in [0.15, 0.2) is 46.9 Å². The maximum absolute atomic E-state index is 13.7. The first kappa shape index (κ1) is 26.2. The zero-order valence-electron chi connectivity index (χ0n) is 19.7. The highest BCUT2D eigenvalue weighted by atomic mass is 79.9. The molecule has 1 aliphatic heterocycles. The molecule has 2 aliphatic rings. The maximum atomic E-state index is 13.7. The second kappa shape index (κ2) is 11.0. The zero-order chi connectivity index (χ0) is 25.1. The van der Waals surface area contributed by atoms with Gasteiger partial charge >= 0.3 is 0 Å². The number of rotatable bonds is 8. The summed E-state index contributed by atoms with van der Waals surface area (Å²) in [7, 11) is 0. The fourth-order valence-electron chi connectivity index (χ4n) is 5.17. The van der Waals surface area contributed by atoms with E-state index in [1.54, 1.807) is 0 Å². The Morgan fingerprint density at radius 2 is 1.74 bits per heavy atom. The number of ether oxygens (including phenoxy) is 2. The Hall–Kier alpha value is -1.91. The third kappa shape index (κ3) is 6.46. The van der Waals surface area contributed by atoms with E-state index >= 15 is 0 Å². The molecule has 0 bridgehead atoms. The summed E-state index contributed by atoms with van der Waals surface area (Å²) in [5, 5.41) is 17.4. The van der Waals surface area contributed by atoms with E-state index in [0.717, 1.165) is 28.9 Å². The van der Waals surface area contributed by atoms with E-state index in [-0.39, 0.29) is 18.9 Å². The molecule has 1 saturated carbocycles. The third-order valence-corrected chi connectivity index (χ3v) is 7.43. The average Bonchev–Trinajstić information content (AvgIpc) is 3.26. The van der Waals surface area contributed by atoms with E-state index in [4.69, 9.17) is 9.47 Å². The van der Waals surface area contributed by atoms with E-state index in [1.807, 2.05) is 12.1 Å². The molecule has 6 nitrogen and oxygen atoms in total. The van der Waals surface area contributed by atoms with Gasteiger partial charge in [-0.3, -0.25) is 4.79 Å². The minimum Gasteiger partial charge on any atom is -0.390 e. The van der Waals surface area contributed by atoms with Gasteiger partial charge in [0.15, 0.2) is 5.79 Å². The molecule has 0 aromatic heterocycles. The topological polar surface area (TPSA) is 79.8 Å². The number of carbonyl (C=O) groups is 1.